The molecule has 0 saturated carbocycles. The Kier molecular flexibility index (Phi) is 3.31. The number of hydrogen-bond acceptors (Lipinski definition) is 5. The van der Waals surface area contributed by atoms with E-state index in [0.29, 0.717) is 18.7 Å². The maximum atomic E-state index is 12.7. The Labute approximate surface area is 100 Å². The van der Waals surface area contributed by atoms with Crippen molar-refractivity contribution in [3.63, 3.8) is 0 Å². The SMILES string of the molecule is COP(=O)(Oc1ccccc1)C1(C)CCN=N1. The van der Waals surface area contributed by atoms with E-state index in [-0.39, 0.29) is 0 Å². The van der Waals surface area contributed by atoms with E-state index < -0.39 is 12.9 Å². The van der Waals surface area contributed by atoms with E-state index >= 15 is 0 Å². The van der Waals surface area contributed by atoms with Crippen LogP contribution in [0.3, 0.4) is 0 Å². The van der Waals surface area contributed by atoms with Crippen molar-refractivity contribution < 1.29 is 13.6 Å². The van der Waals surface area contributed by atoms with Gasteiger partial charge < -0.3 is 9.05 Å². The fourth-order valence-electron chi connectivity index (χ4n) is 1.66. The minimum Gasteiger partial charge on any atom is -0.423 e. The first-order valence-corrected chi connectivity index (χ1v) is 6.93. The summed E-state index contributed by atoms with van der Waals surface area (Å²) in [5, 5.41) is 7.03. The third kappa shape index (κ3) is 2.26. The molecule has 1 aliphatic rings. The van der Waals surface area contributed by atoms with E-state index in [1.807, 2.05) is 18.2 Å². The summed E-state index contributed by atoms with van der Waals surface area (Å²) in [5.41, 5.74) is 0. The molecule has 6 heteroatoms. The molecule has 17 heavy (non-hydrogen) atoms. The third-order valence-corrected chi connectivity index (χ3v) is 5.20. The van der Waals surface area contributed by atoms with Crippen LogP contribution in [0.2, 0.25) is 0 Å². The minimum absolute atomic E-state index is 0.515. The summed E-state index contributed by atoms with van der Waals surface area (Å²) in [7, 11) is -1.96. The van der Waals surface area contributed by atoms with Crippen molar-refractivity contribution in [2.45, 2.75) is 18.6 Å². The number of para-hydroxylation sites is 1. The van der Waals surface area contributed by atoms with Crippen LogP contribution >= 0.6 is 7.60 Å². The van der Waals surface area contributed by atoms with Crippen molar-refractivity contribution in [3.8, 4) is 5.75 Å². The second-order valence-corrected chi connectivity index (χ2v) is 6.52. The van der Waals surface area contributed by atoms with Crippen molar-refractivity contribution in [2.24, 2.45) is 10.2 Å². The first-order valence-electron chi connectivity index (χ1n) is 5.39. The van der Waals surface area contributed by atoms with Crippen LogP contribution in [0.25, 0.3) is 0 Å². The lowest BCUT2D eigenvalue weighted by atomic mass is 10.3. The molecular weight excluding hydrogens is 239 g/mol. The zero-order valence-electron chi connectivity index (χ0n) is 9.87. The summed E-state index contributed by atoms with van der Waals surface area (Å²) in [6.45, 7) is 2.30. The standard InChI is InChI=1S/C11H15N2O3P/c1-11(8-9-12-13-11)17(14,15-2)16-10-6-4-3-5-7-10/h3-7H,8-9H2,1-2H3. The molecule has 1 heterocycles. The highest BCUT2D eigenvalue weighted by molar-refractivity contribution is 7.56. The Morgan fingerprint density at radius 2 is 2.06 bits per heavy atom. The number of benzene rings is 1. The Morgan fingerprint density at radius 3 is 2.59 bits per heavy atom. The summed E-state index contributed by atoms with van der Waals surface area (Å²) in [4.78, 5) is 0. The summed E-state index contributed by atoms with van der Waals surface area (Å²) < 4.78 is 23.3. The molecule has 0 amide bonds. The lowest BCUT2D eigenvalue weighted by Gasteiger charge is -2.28. The second-order valence-electron chi connectivity index (χ2n) is 4.02. The smallest absolute Gasteiger partial charge is 0.408 e. The first-order chi connectivity index (χ1) is 8.10. The van der Waals surface area contributed by atoms with Crippen molar-refractivity contribution in [1.29, 1.82) is 0 Å². The monoisotopic (exact) mass is 254 g/mol. The van der Waals surface area contributed by atoms with Crippen LogP contribution in [0.5, 0.6) is 5.75 Å². The highest BCUT2D eigenvalue weighted by Crippen LogP contribution is 2.62. The molecule has 2 unspecified atom stereocenters. The molecule has 2 rings (SSSR count). The van der Waals surface area contributed by atoms with Gasteiger partial charge in [0.05, 0.1) is 6.54 Å². The molecule has 92 valence electrons. The van der Waals surface area contributed by atoms with Gasteiger partial charge in [-0.2, -0.15) is 10.2 Å². The minimum atomic E-state index is -3.34. The first kappa shape index (κ1) is 12.3. The third-order valence-electron chi connectivity index (χ3n) is 2.77. The molecule has 1 aliphatic heterocycles. The number of nitrogens with zero attached hydrogens (tertiary/aromatic N) is 2. The molecule has 0 aromatic heterocycles. The topological polar surface area (TPSA) is 60.2 Å². The summed E-state index contributed by atoms with van der Waals surface area (Å²) in [6.07, 6.45) is 0.574. The van der Waals surface area contributed by atoms with Crippen LogP contribution < -0.4 is 4.52 Å². The van der Waals surface area contributed by atoms with E-state index in [1.165, 1.54) is 7.11 Å². The van der Waals surface area contributed by atoms with E-state index in [0.717, 1.165) is 0 Å². The molecule has 1 aromatic carbocycles. The van der Waals surface area contributed by atoms with Gasteiger partial charge in [-0.1, -0.05) is 18.2 Å². The van der Waals surface area contributed by atoms with Gasteiger partial charge in [-0.3, -0.25) is 0 Å². The molecule has 0 N–H and O–H groups in total. The lowest BCUT2D eigenvalue weighted by molar-refractivity contribution is 0.291. The summed E-state index contributed by atoms with van der Waals surface area (Å²) in [5.74, 6) is 0.515. The predicted molar refractivity (Wildman–Crippen MR) is 64.4 cm³/mol. The second kappa shape index (κ2) is 4.59. The van der Waals surface area contributed by atoms with Gasteiger partial charge in [-0.15, -0.1) is 0 Å². The molecule has 0 bridgehead atoms. The quantitative estimate of drug-likeness (QED) is 0.773. The molecule has 0 spiro atoms. The van der Waals surface area contributed by atoms with Gasteiger partial charge in [0.25, 0.3) is 0 Å². The summed E-state index contributed by atoms with van der Waals surface area (Å²) >= 11 is 0. The predicted octanol–water partition coefficient (Wildman–Crippen LogP) is 3.48. The van der Waals surface area contributed by atoms with Crippen LogP contribution in [0.15, 0.2) is 40.6 Å². The van der Waals surface area contributed by atoms with Gasteiger partial charge in [0.2, 0.25) is 0 Å². The largest absolute Gasteiger partial charge is 0.423 e. The van der Waals surface area contributed by atoms with Gasteiger partial charge in [0, 0.05) is 13.5 Å². The van der Waals surface area contributed by atoms with Crippen molar-refractivity contribution >= 4 is 7.60 Å². The van der Waals surface area contributed by atoms with Crippen LogP contribution in [-0.2, 0) is 9.09 Å². The number of azo groups is 1. The maximum Gasteiger partial charge on any atom is 0.408 e. The van der Waals surface area contributed by atoms with Gasteiger partial charge in [0.1, 0.15) is 5.75 Å². The highest BCUT2D eigenvalue weighted by Gasteiger charge is 2.50. The van der Waals surface area contributed by atoms with Gasteiger partial charge in [0.15, 0.2) is 5.28 Å². The Hall–Kier alpha value is -1.19. The lowest BCUT2D eigenvalue weighted by Crippen LogP contribution is -2.23. The van der Waals surface area contributed by atoms with Crippen molar-refractivity contribution in [1.82, 2.24) is 0 Å². The Morgan fingerprint density at radius 1 is 1.35 bits per heavy atom. The number of hydrogen-bond donors (Lipinski definition) is 0. The zero-order valence-corrected chi connectivity index (χ0v) is 10.8. The van der Waals surface area contributed by atoms with Crippen LogP contribution in [0.1, 0.15) is 13.3 Å². The molecular formula is C11H15N2O3P. The van der Waals surface area contributed by atoms with Gasteiger partial charge in [-0.25, -0.2) is 4.57 Å². The molecule has 0 fully saturated rings. The van der Waals surface area contributed by atoms with E-state index in [2.05, 4.69) is 10.2 Å². The van der Waals surface area contributed by atoms with Crippen LogP contribution in [0, 0.1) is 0 Å². The van der Waals surface area contributed by atoms with E-state index in [4.69, 9.17) is 9.05 Å². The van der Waals surface area contributed by atoms with Crippen molar-refractivity contribution in [3.05, 3.63) is 30.3 Å². The molecule has 0 saturated heterocycles. The average molecular weight is 254 g/mol. The fraction of sp³-hybridized carbons (Fsp3) is 0.455. The molecule has 0 radical (unpaired) electrons. The summed E-state index contributed by atoms with van der Waals surface area (Å²) in [6, 6.07) is 8.96. The maximum absolute atomic E-state index is 12.7. The molecule has 0 aliphatic carbocycles. The van der Waals surface area contributed by atoms with Crippen molar-refractivity contribution in [2.75, 3.05) is 13.7 Å². The Bertz CT molecular complexity index is 463. The number of rotatable bonds is 4. The van der Waals surface area contributed by atoms with E-state index in [1.54, 1.807) is 19.1 Å². The van der Waals surface area contributed by atoms with Crippen LogP contribution in [0.4, 0.5) is 0 Å². The average Bonchev–Trinajstić information content (AvgIpc) is 2.79. The molecule has 2 atom stereocenters. The molecule has 5 nitrogen and oxygen atoms in total. The van der Waals surface area contributed by atoms with Gasteiger partial charge in [-0.05, 0) is 19.1 Å². The zero-order chi connectivity index (χ0) is 12.4. The molecule has 1 aromatic rings. The highest BCUT2D eigenvalue weighted by atomic mass is 31.2. The van der Waals surface area contributed by atoms with E-state index in [9.17, 15) is 4.57 Å². The fourth-order valence-corrected chi connectivity index (χ4v) is 3.27. The van der Waals surface area contributed by atoms with Crippen LogP contribution in [-0.4, -0.2) is 18.9 Å². The Balaban J connectivity index is 2.26. The normalized spacial score (nSPS) is 26.7. The van der Waals surface area contributed by atoms with Gasteiger partial charge >= 0.3 is 7.60 Å².